The van der Waals surface area contributed by atoms with Crippen LogP contribution in [0.25, 0.3) is 0 Å². The highest BCUT2D eigenvalue weighted by Crippen LogP contribution is 2.31. The van der Waals surface area contributed by atoms with Crippen LogP contribution in [-0.2, 0) is 10.8 Å². The van der Waals surface area contributed by atoms with Gasteiger partial charge >= 0.3 is 0 Å². The zero-order valence-corrected chi connectivity index (χ0v) is 10.7. The lowest BCUT2D eigenvalue weighted by Gasteiger charge is -2.26. The van der Waals surface area contributed by atoms with Gasteiger partial charge in [0.05, 0.1) is 17.2 Å². The molecular weight excluding hydrogens is 218 g/mol. The van der Waals surface area contributed by atoms with Crippen LogP contribution in [0, 0.1) is 23.2 Å². The van der Waals surface area contributed by atoms with Gasteiger partial charge in [0.2, 0.25) is 0 Å². The van der Waals surface area contributed by atoms with Crippen LogP contribution in [0.4, 0.5) is 0 Å². The minimum Gasteiger partial charge on any atom is -0.259 e. The highest BCUT2D eigenvalue weighted by atomic mass is 32.2. The Morgan fingerprint density at radius 1 is 1.06 bits per heavy atom. The number of nitriles is 1. The largest absolute Gasteiger partial charge is 0.259 e. The SMILES string of the molecule is N#CC1CCCCC1S(=O)CC1CCCC1. The van der Waals surface area contributed by atoms with Gasteiger partial charge in [0.25, 0.3) is 0 Å². The molecule has 0 amide bonds. The molecule has 3 atom stereocenters. The topological polar surface area (TPSA) is 40.9 Å². The molecule has 0 N–H and O–H groups in total. The van der Waals surface area contributed by atoms with Crippen molar-refractivity contribution in [3.63, 3.8) is 0 Å². The summed E-state index contributed by atoms with van der Waals surface area (Å²) in [4.78, 5) is 0. The molecule has 2 nitrogen and oxygen atoms in total. The molecule has 0 aromatic heterocycles. The Kier molecular flexibility index (Phi) is 4.40. The summed E-state index contributed by atoms with van der Waals surface area (Å²) in [5, 5.41) is 9.27. The van der Waals surface area contributed by atoms with Crippen molar-refractivity contribution in [2.75, 3.05) is 5.75 Å². The van der Waals surface area contributed by atoms with Gasteiger partial charge in [0.15, 0.2) is 0 Å². The lowest BCUT2D eigenvalue weighted by molar-refractivity contribution is 0.429. The van der Waals surface area contributed by atoms with E-state index in [1.807, 2.05) is 0 Å². The summed E-state index contributed by atoms with van der Waals surface area (Å²) in [6.07, 6.45) is 9.44. The van der Waals surface area contributed by atoms with Gasteiger partial charge in [-0.3, -0.25) is 4.21 Å². The summed E-state index contributed by atoms with van der Waals surface area (Å²) < 4.78 is 12.3. The second-order valence-electron chi connectivity index (χ2n) is 5.26. The first kappa shape index (κ1) is 12.1. The first-order chi connectivity index (χ1) is 7.81. The van der Waals surface area contributed by atoms with Crippen molar-refractivity contribution in [1.82, 2.24) is 0 Å². The Morgan fingerprint density at radius 2 is 1.69 bits per heavy atom. The van der Waals surface area contributed by atoms with E-state index in [4.69, 9.17) is 5.26 Å². The van der Waals surface area contributed by atoms with Crippen molar-refractivity contribution in [3.05, 3.63) is 0 Å². The lowest BCUT2D eigenvalue weighted by Crippen LogP contribution is -2.31. The van der Waals surface area contributed by atoms with Crippen LogP contribution in [-0.4, -0.2) is 15.2 Å². The van der Waals surface area contributed by atoms with Crippen molar-refractivity contribution >= 4 is 10.8 Å². The van der Waals surface area contributed by atoms with Crippen LogP contribution < -0.4 is 0 Å². The molecule has 0 radical (unpaired) electrons. The maximum absolute atomic E-state index is 12.3. The predicted octanol–water partition coefficient (Wildman–Crippen LogP) is 3.01. The fraction of sp³-hybridized carbons (Fsp3) is 0.923. The van der Waals surface area contributed by atoms with Gasteiger partial charge in [-0.1, -0.05) is 25.7 Å². The molecule has 0 aromatic rings. The maximum Gasteiger partial charge on any atom is 0.0668 e. The van der Waals surface area contributed by atoms with Crippen LogP contribution in [0.2, 0.25) is 0 Å². The predicted molar refractivity (Wildman–Crippen MR) is 66.3 cm³/mol. The smallest absolute Gasteiger partial charge is 0.0668 e. The fourth-order valence-electron chi connectivity index (χ4n) is 3.09. The van der Waals surface area contributed by atoms with Gasteiger partial charge in [-0.25, -0.2) is 0 Å². The Hall–Kier alpha value is -0.360. The maximum atomic E-state index is 12.3. The Balaban J connectivity index is 1.89. The van der Waals surface area contributed by atoms with Crippen LogP contribution in [0.1, 0.15) is 51.4 Å². The van der Waals surface area contributed by atoms with E-state index in [1.54, 1.807) is 0 Å². The number of hydrogen-bond acceptors (Lipinski definition) is 2. The van der Waals surface area contributed by atoms with E-state index in [9.17, 15) is 4.21 Å². The molecule has 0 bridgehead atoms. The van der Waals surface area contributed by atoms with E-state index < -0.39 is 10.8 Å². The van der Waals surface area contributed by atoms with Gasteiger partial charge in [-0.15, -0.1) is 0 Å². The lowest BCUT2D eigenvalue weighted by atomic mass is 9.90. The first-order valence-electron chi connectivity index (χ1n) is 6.58. The van der Waals surface area contributed by atoms with Gasteiger partial charge in [0.1, 0.15) is 0 Å². The highest BCUT2D eigenvalue weighted by Gasteiger charge is 2.31. The van der Waals surface area contributed by atoms with E-state index >= 15 is 0 Å². The van der Waals surface area contributed by atoms with Crippen molar-refractivity contribution in [1.29, 1.82) is 5.26 Å². The summed E-state index contributed by atoms with van der Waals surface area (Å²) in [5.74, 6) is 1.61. The standard InChI is InChI=1S/C13H21NOS/c14-9-12-7-3-4-8-13(12)16(15)10-11-5-1-2-6-11/h11-13H,1-8,10H2. The van der Waals surface area contributed by atoms with Crippen LogP contribution in [0.3, 0.4) is 0 Å². The van der Waals surface area contributed by atoms with Gasteiger partial charge < -0.3 is 0 Å². The molecule has 0 heterocycles. The summed E-state index contributed by atoms with van der Waals surface area (Å²) >= 11 is 0. The Labute approximate surface area is 101 Å². The molecule has 2 rings (SSSR count). The van der Waals surface area contributed by atoms with E-state index in [1.165, 1.54) is 32.1 Å². The Morgan fingerprint density at radius 3 is 2.38 bits per heavy atom. The second-order valence-corrected chi connectivity index (χ2v) is 6.96. The average Bonchev–Trinajstić information content (AvgIpc) is 2.81. The van der Waals surface area contributed by atoms with Crippen LogP contribution in [0.5, 0.6) is 0 Å². The Bertz CT molecular complexity index is 291. The zero-order valence-electron chi connectivity index (χ0n) is 9.86. The molecular formula is C13H21NOS. The fourth-order valence-corrected chi connectivity index (χ4v) is 5.13. The molecule has 0 spiro atoms. The third-order valence-electron chi connectivity index (χ3n) is 4.08. The van der Waals surface area contributed by atoms with Crippen LogP contribution in [0.15, 0.2) is 0 Å². The molecule has 90 valence electrons. The molecule has 2 saturated carbocycles. The molecule has 3 unspecified atom stereocenters. The van der Waals surface area contributed by atoms with Crippen LogP contribution >= 0.6 is 0 Å². The van der Waals surface area contributed by atoms with Crippen molar-refractivity contribution in [3.8, 4) is 6.07 Å². The van der Waals surface area contributed by atoms with E-state index in [-0.39, 0.29) is 11.2 Å². The minimum absolute atomic E-state index is 0.0657. The zero-order chi connectivity index (χ0) is 11.4. The average molecular weight is 239 g/mol. The summed E-state index contributed by atoms with van der Waals surface area (Å²) in [5.41, 5.74) is 0. The normalized spacial score (nSPS) is 33.4. The van der Waals surface area contributed by atoms with E-state index in [2.05, 4.69) is 6.07 Å². The molecule has 0 aliphatic heterocycles. The minimum atomic E-state index is -0.749. The molecule has 0 saturated heterocycles. The van der Waals surface area contributed by atoms with Crippen molar-refractivity contribution in [2.24, 2.45) is 11.8 Å². The summed E-state index contributed by atoms with van der Waals surface area (Å²) in [6.45, 7) is 0. The molecule has 0 aromatic carbocycles. The number of rotatable bonds is 3. The molecule has 3 heteroatoms. The van der Waals surface area contributed by atoms with E-state index in [0.717, 1.165) is 25.0 Å². The second kappa shape index (κ2) is 5.82. The number of hydrogen-bond donors (Lipinski definition) is 0. The van der Waals surface area contributed by atoms with Crippen molar-refractivity contribution < 1.29 is 4.21 Å². The highest BCUT2D eigenvalue weighted by molar-refractivity contribution is 7.85. The quantitative estimate of drug-likeness (QED) is 0.759. The molecule has 16 heavy (non-hydrogen) atoms. The summed E-state index contributed by atoms with van der Waals surface area (Å²) in [7, 11) is -0.749. The molecule has 2 fully saturated rings. The monoisotopic (exact) mass is 239 g/mol. The number of nitrogens with zero attached hydrogens (tertiary/aromatic N) is 1. The van der Waals surface area contributed by atoms with Gasteiger partial charge in [-0.05, 0) is 31.6 Å². The summed E-state index contributed by atoms with van der Waals surface area (Å²) in [6, 6.07) is 2.37. The first-order valence-corrected chi connectivity index (χ1v) is 7.96. The van der Waals surface area contributed by atoms with E-state index in [0.29, 0.717) is 5.92 Å². The molecule has 2 aliphatic carbocycles. The third kappa shape index (κ3) is 2.85. The molecule has 2 aliphatic rings. The van der Waals surface area contributed by atoms with Crippen molar-refractivity contribution in [2.45, 2.75) is 56.6 Å². The van der Waals surface area contributed by atoms with Gasteiger partial charge in [0, 0.05) is 16.6 Å². The van der Waals surface area contributed by atoms with Gasteiger partial charge in [-0.2, -0.15) is 5.26 Å². The third-order valence-corrected chi connectivity index (χ3v) is 6.12.